The fraction of sp³-hybridized carbons (Fsp3) is 0.250. The Morgan fingerprint density at radius 1 is 1.15 bits per heavy atom. The summed E-state index contributed by atoms with van der Waals surface area (Å²) in [5.74, 6) is 0.760. The highest BCUT2D eigenvalue weighted by molar-refractivity contribution is 7.99. The molecule has 1 aromatic heterocycles. The van der Waals surface area contributed by atoms with Crippen LogP contribution in [0.3, 0.4) is 0 Å². The fourth-order valence-electron chi connectivity index (χ4n) is 3.70. The monoisotopic (exact) mass is 483 g/mol. The number of nitrogens with one attached hydrogen (secondary N) is 2. The zero-order chi connectivity index (χ0) is 23.3. The average molecular weight is 484 g/mol. The minimum absolute atomic E-state index is 0.0710. The number of thioether (sulfide) groups is 1. The van der Waals surface area contributed by atoms with Gasteiger partial charge in [0, 0.05) is 41.1 Å². The Kier molecular flexibility index (Phi) is 7.32. The van der Waals surface area contributed by atoms with Crippen molar-refractivity contribution in [2.24, 2.45) is 0 Å². The number of rotatable bonds is 8. The van der Waals surface area contributed by atoms with Gasteiger partial charge in [0.15, 0.2) is 0 Å². The Balaban J connectivity index is 1.51. The Morgan fingerprint density at radius 2 is 1.97 bits per heavy atom. The van der Waals surface area contributed by atoms with Crippen molar-refractivity contribution in [3.63, 3.8) is 0 Å². The van der Waals surface area contributed by atoms with Gasteiger partial charge in [-0.05, 0) is 48.4 Å². The zero-order valence-corrected chi connectivity index (χ0v) is 19.8. The maximum absolute atomic E-state index is 13.0. The van der Waals surface area contributed by atoms with Crippen LogP contribution in [0, 0.1) is 0 Å². The lowest BCUT2D eigenvalue weighted by Gasteiger charge is -2.26. The molecule has 2 N–H and O–H groups in total. The quantitative estimate of drug-likeness (QED) is 0.508. The zero-order valence-electron chi connectivity index (χ0n) is 18.2. The van der Waals surface area contributed by atoms with Crippen molar-refractivity contribution in [1.29, 1.82) is 0 Å². The lowest BCUT2D eigenvalue weighted by Crippen LogP contribution is -2.31. The highest BCUT2D eigenvalue weighted by atomic mass is 32.2. The molecule has 1 aliphatic heterocycles. The lowest BCUT2D eigenvalue weighted by molar-refractivity contribution is 0.0934. The van der Waals surface area contributed by atoms with Gasteiger partial charge in [-0.25, -0.2) is 13.1 Å². The number of ether oxygens (including phenoxy) is 1. The molecular formula is C24H25N3O4S2. The standard InChI is InChI=1S/C24H25N3O4S2/c1-31-21-10-9-17(24(28)27-20-12-15-32-22-8-3-2-7-19(20)22)16-23(21)33(29,30)26-14-11-18-6-4-5-13-25-18/h2-10,13,16,20,26H,11-12,14-15H2,1H3,(H,27,28)/t20-/m1/s1. The second kappa shape index (κ2) is 10.4. The van der Waals surface area contributed by atoms with E-state index in [1.165, 1.54) is 19.2 Å². The van der Waals surface area contributed by atoms with Gasteiger partial charge in [0.05, 0.1) is 13.2 Å². The number of pyridine rings is 1. The molecule has 1 aliphatic rings. The summed E-state index contributed by atoms with van der Waals surface area (Å²) in [6, 6.07) is 17.8. The molecule has 2 heterocycles. The van der Waals surface area contributed by atoms with Crippen LogP contribution in [0.5, 0.6) is 5.75 Å². The Bertz CT molecular complexity index is 1230. The van der Waals surface area contributed by atoms with E-state index in [2.05, 4.69) is 15.0 Å². The summed E-state index contributed by atoms with van der Waals surface area (Å²) in [6.45, 7) is 0.176. The molecule has 172 valence electrons. The van der Waals surface area contributed by atoms with Crippen molar-refractivity contribution >= 4 is 27.7 Å². The first kappa shape index (κ1) is 23.3. The van der Waals surface area contributed by atoms with Crippen LogP contribution in [0.15, 0.2) is 76.7 Å². The summed E-state index contributed by atoms with van der Waals surface area (Å²) in [7, 11) is -2.50. The average Bonchev–Trinajstić information content (AvgIpc) is 2.84. The number of carbonyl (C=O) groups excluding carboxylic acids is 1. The first-order valence-electron chi connectivity index (χ1n) is 10.6. The molecule has 0 radical (unpaired) electrons. The first-order chi connectivity index (χ1) is 16.0. The van der Waals surface area contributed by atoms with Gasteiger partial charge in [-0.15, -0.1) is 11.8 Å². The largest absolute Gasteiger partial charge is 0.495 e. The molecule has 0 saturated heterocycles. The number of fused-ring (bicyclic) bond motifs is 1. The smallest absolute Gasteiger partial charge is 0.251 e. The van der Waals surface area contributed by atoms with Crippen LogP contribution >= 0.6 is 11.8 Å². The van der Waals surface area contributed by atoms with Crippen LogP contribution < -0.4 is 14.8 Å². The Morgan fingerprint density at radius 3 is 2.76 bits per heavy atom. The predicted molar refractivity (Wildman–Crippen MR) is 128 cm³/mol. The number of hydrogen-bond acceptors (Lipinski definition) is 6. The summed E-state index contributed by atoms with van der Waals surface area (Å²) >= 11 is 1.77. The fourth-order valence-corrected chi connectivity index (χ4v) is 6.05. The van der Waals surface area contributed by atoms with E-state index in [1.807, 2.05) is 36.4 Å². The third kappa shape index (κ3) is 5.55. The third-order valence-corrected chi connectivity index (χ3v) is 7.98. The highest BCUT2D eigenvalue weighted by Gasteiger charge is 2.25. The first-order valence-corrected chi connectivity index (χ1v) is 13.0. The lowest BCUT2D eigenvalue weighted by atomic mass is 10.0. The molecule has 0 spiro atoms. The summed E-state index contributed by atoms with van der Waals surface area (Å²) < 4.78 is 33.8. The van der Waals surface area contributed by atoms with Gasteiger partial charge in [-0.1, -0.05) is 24.3 Å². The summed E-state index contributed by atoms with van der Waals surface area (Å²) in [5.41, 5.74) is 2.13. The summed E-state index contributed by atoms with van der Waals surface area (Å²) in [6.07, 6.45) is 2.92. The summed E-state index contributed by atoms with van der Waals surface area (Å²) in [4.78, 5) is 18.3. The van der Waals surface area contributed by atoms with Crippen LogP contribution in [0.25, 0.3) is 0 Å². The van der Waals surface area contributed by atoms with Gasteiger partial charge < -0.3 is 10.1 Å². The maximum Gasteiger partial charge on any atom is 0.251 e. The van der Waals surface area contributed by atoms with Crippen LogP contribution in [0.2, 0.25) is 0 Å². The molecular weight excluding hydrogens is 458 g/mol. The van der Waals surface area contributed by atoms with E-state index in [1.54, 1.807) is 30.1 Å². The van der Waals surface area contributed by atoms with E-state index in [0.717, 1.165) is 28.3 Å². The van der Waals surface area contributed by atoms with Crippen LogP contribution in [-0.4, -0.2) is 38.7 Å². The van der Waals surface area contributed by atoms with E-state index >= 15 is 0 Å². The molecule has 2 aromatic carbocycles. The van der Waals surface area contributed by atoms with E-state index in [0.29, 0.717) is 6.42 Å². The number of sulfonamides is 1. The van der Waals surface area contributed by atoms with E-state index in [-0.39, 0.29) is 34.7 Å². The molecule has 0 aliphatic carbocycles. The molecule has 0 unspecified atom stereocenters. The number of carbonyl (C=O) groups is 1. The summed E-state index contributed by atoms with van der Waals surface area (Å²) in [5, 5.41) is 3.06. The molecule has 1 amide bonds. The van der Waals surface area contributed by atoms with Crippen molar-refractivity contribution in [2.75, 3.05) is 19.4 Å². The molecule has 9 heteroatoms. The van der Waals surface area contributed by atoms with Crippen molar-refractivity contribution in [3.8, 4) is 5.75 Å². The number of aromatic nitrogens is 1. The molecule has 33 heavy (non-hydrogen) atoms. The van der Waals surface area contributed by atoms with Crippen molar-refractivity contribution < 1.29 is 17.9 Å². The van der Waals surface area contributed by atoms with E-state index < -0.39 is 10.0 Å². The number of methoxy groups -OCH3 is 1. The van der Waals surface area contributed by atoms with Crippen molar-refractivity contribution in [2.45, 2.75) is 28.7 Å². The highest BCUT2D eigenvalue weighted by Crippen LogP contribution is 2.36. The van der Waals surface area contributed by atoms with Gasteiger partial charge in [-0.3, -0.25) is 9.78 Å². The van der Waals surface area contributed by atoms with Gasteiger partial charge in [0.25, 0.3) is 5.91 Å². The maximum atomic E-state index is 13.0. The molecule has 1 atom stereocenters. The molecule has 3 aromatic rings. The van der Waals surface area contributed by atoms with Crippen LogP contribution in [0.1, 0.15) is 34.1 Å². The number of benzene rings is 2. The molecule has 0 bridgehead atoms. The second-order valence-corrected chi connectivity index (χ2v) is 10.4. The number of amides is 1. The van der Waals surface area contributed by atoms with Crippen molar-refractivity contribution in [1.82, 2.24) is 15.0 Å². The molecule has 0 fully saturated rings. The van der Waals surface area contributed by atoms with Crippen LogP contribution in [-0.2, 0) is 16.4 Å². The van der Waals surface area contributed by atoms with E-state index in [9.17, 15) is 13.2 Å². The van der Waals surface area contributed by atoms with E-state index in [4.69, 9.17) is 4.74 Å². The normalized spacial score (nSPS) is 15.5. The molecule has 4 rings (SSSR count). The second-order valence-electron chi connectivity index (χ2n) is 7.54. The minimum Gasteiger partial charge on any atom is -0.495 e. The van der Waals surface area contributed by atoms with Crippen molar-refractivity contribution in [3.05, 3.63) is 83.7 Å². The van der Waals surface area contributed by atoms with Gasteiger partial charge in [0.2, 0.25) is 10.0 Å². The molecule has 0 saturated carbocycles. The topological polar surface area (TPSA) is 97.4 Å². The Hall–Kier alpha value is -2.88. The molecule has 7 nitrogen and oxygen atoms in total. The van der Waals surface area contributed by atoms with Crippen LogP contribution in [0.4, 0.5) is 0 Å². The SMILES string of the molecule is COc1ccc(C(=O)N[C@@H]2CCSc3ccccc32)cc1S(=O)(=O)NCCc1ccccn1. The number of nitrogens with zero attached hydrogens (tertiary/aromatic N) is 1. The predicted octanol–water partition coefficient (Wildman–Crippen LogP) is 3.58. The van der Waals surface area contributed by atoms with Gasteiger partial charge in [0.1, 0.15) is 10.6 Å². The van der Waals surface area contributed by atoms with Gasteiger partial charge in [-0.2, -0.15) is 0 Å². The minimum atomic E-state index is -3.90. The third-order valence-electron chi connectivity index (χ3n) is 5.38. The number of hydrogen-bond donors (Lipinski definition) is 2. The van der Waals surface area contributed by atoms with Gasteiger partial charge >= 0.3 is 0 Å². The Labute approximate surface area is 198 Å².